The first-order valence-electron chi connectivity index (χ1n) is 8.02. The van der Waals surface area contributed by atoms with Gasteiger partial charge in [-0.1, -0.05) is 0 Å². The van der Waals surface area contributed by atoms with Crippen LogP contribution in [0.5, 0.6) is 23.0 Å². The average Bonchev–Trinajstić information content (AvgIpc) is 3.14. The van der Waals surface area contributed by atoms with E-state index in [0.717, 1.165) is 11.3 Å². The number of hydrazone groups is 1. The molecule has 0 bridgehead atoms. The second-order valence-electron chi connectivity index (χ2n) is 5.61. The van der Waals surface area contributed by atoms with Crippen molar-refractivity contribution in [1.82, 2.24) is 4.98 Å². The van der Waals surface area contributed by atoms with Crippen molar-refractivity contribution in [3.05, 3.63) is 47.3 Å². The van der Waals surface area contributed by atoms with Crippen LogP contribution in [-0.2, 0) is 0 Å². The van der Waals surface area contributed by atoms with Gasteiger partial charge in [-0.05, 0) is 37.3 Å². The van der Waals surface area contributed by atoms with Crippen LogP contribution in [0, 0.1) is 0 Å². The van der Waals surface area contributed by atoms with E-state index in [1.165, 1.54) is 23.5 Å². The Morgan fingerprint density at radius 1 is 1.11 bits per heavy atom. The molecule has 2 aromatic carbocycles. The number of ether oxygens (including phenoxy) is 2. The molecule has 0 aliphatic heterocycles. The van der Waals surface area contributed by atoms with Crippen LogP contribution >= 0.6 is 11.3 Å². The zero-order valence-electron chi connectivity index (χ0n) is 15.1. The van der Waals surface area contributed by atoms with Gasteiger partial charge in [0.1, 0.15) is 23.0 Å². The lowest BCUT2D eigenvalue weighted by molar-refractivity contribution is 0.404. The third kappa shape index (κ3) is 4.12. The van der Waals surface area contributed by atoms with Crippen molar-refractivity contribution < 1.29 is 19.7 Å². The standard InChI is InChI=1S/C19H19N3O4S/c1-11(14-6-4-12(23)8-17(14)24)21-22-19-20-16(10-27-19)15-9-13(25-2)5-7-18(15)26-3/h4-10,23-24H,1-3H3,(H,20,22)/b21-11-. The lowest BCUT2D eigenvalue weighted by Gasteiger charge is -2.08. The number of nitrogens with zero attached hydrogens (tertiary/aromatic N) is 2. The molecule has 1 heterocycles. The van der Waals surface area contributed by atoms with Gasteiger partial charge in [-0.25, -0.2) is 4.98 Å². The summed E-state index contributed by atoms with van der Waals surface area (Å²) >= 11 is 1.39. The topological polar surface area (TPSA) is 96.2 Å². The van der Waals surface area contributed by atoms with Gasteiger partial charge < -0.3 is 19.7 Å². The van der Waals surface area contributed by atoms with E-state index in [4.69, 9.17) is 9.47 Å². The summed E-state index contributed by atoms with van der Waals surface area (Å²) in [5.41, 5.74) is 5.52. The van der Waals surface area contributed by atoms with E-state index >= 15 is 0 Å². The predicted octanol–water partition coefficient (Wildman–Crippen LogP) is 4.07. The number of thiazole rings is 1. The average molecular weight is 385 g/mol. The van der Waals surface area contributed by atoms with Crippen molar-refractivity contribution in [2.24, 2.45) is 5.10 Å². The molecule has 3 N–H and O–H groups in total. The number of nitrogens with one attached hydrogen (secondary N) is 1. The number of hydrogen-bond donors (Lipinski definition) is 3. The molecule has 0 spiro atoms. The fourth-order valence-corrected chi connectivity index (χ4v) is 3.13. The SMILES string of the molecule is COc1ccc(OC)c(-c2csc(N/N=C(/C)c3ccc(O)cc3O)n2)c1. The summed E-state index contributed by atoms with van der Waals surface area (Å²) < 4.78 is 10.7. The minimum atomic E-state index is -0.0426. The molecular formula is C19H19N3O4S. The second-order valence-corrected chi connectivity index (χ2v) is 6.47. The summed E-state index contributed by atoms with van der Waals surface area (Å²) in [7, 11) is 3.21. The number of anilines is 1. The first kappa shape index (κ1) is 18.5. The van der Waals surface area contributed by atoms with Crippen LogP contribution in [0.4, 0.5) is 5.13 Å². The van der Waals surface area contributed by atoms with E-state index in [2.05, 4.69) is 15.5 Å². The second kappa shape index (κ2) is 7.96. The smallest absolute Gasteiger partial charge is 0.203 e. The van der Waals surface area contributed by atoms with Gasteiger partial charge in [0.05, 0.1) is 25.6 Å². The van der Waals surface area contributed by atoms with Crippen LogP contribution in [-0.4, -0.2) is 35.1 Å². The van der Waals surface area contributed by atoms with E-state index in [-0.39, 0.29) is 11.5 Å². The molecular weight excluding hydrogens is 366 g/mol. The van der Waals surface area contributed by atoms with Gasteiger partial charge in [0.2, 0.25) is 5.13 Å². The summed E-state index contributed by atoms with van der Waals surface area (Å²) in [5.74, 6) is 1.36. The molecule has 0 unspecified atom stereocenters. The lowest BCUT2D eigenvalue weighted by atomic mass is 10.1. The molecule has 0 fully saturated rings. The Balaban J connectivity index is 1.82. The predicted molar refractivity (Wildman–Crippen MR) is 106 cm³/mol. The number of phenols is 2. The maximum atomic E-state index is 9.91. The number of phenolic OH excluding ortho intramolecular Hbond substituents is 2. The number of aromatic nitrogens is 1. The first-order chi connectivity index (χ1) is 13.0. The van der Waals surface area contributed by atoms with E-state index < -0.39 is 0 Å². The Hall–Kier alpha value is -3.26. The largest absolute Gasteiger partial charge is 0.508 e. The summed E-state index contributed by atoms with van der Waals surface area (Å²) in [6, 6.07) is 9.87. The Bertz CT molecular complexity index is 985. The van der Waals surface area contributed by atoms with Crippen molar-refractivity contribution in [3.8, 4) is 34.3 Å². The molecule has 0 radical (unpaired) electrons. The van der Waals surface area contributed by atoms with Crippen LogP contribution < -0.4 is 14.9 Å². The minimum Gasteiger partial charge on any atom is -0.508 e. The molecule has 27 heavy (non-hydrogen) atoms. The Labute approximate surface area is 160 Å². The molecule has 0 aliphatic carbocycles. The van der Waals surface area contributed by atoms with Gasteiger partial charge in [-0.2, -0.15) is 5.10 Å². The van der Waals surface area contributed by atoms with Crippen molar-refractivity contribution in [2.75, 3.05) is 19.6 Å². The maximum absolute atomic E-state index is 9.91. The van der Waals surface area contributed by atoms with Crippen molar-refractivity contribution in [1.29, 1.82) is 0 Å². The minimum absolute atomic E-state index is 0.00573. The fourth-order valence-electron chi connectivity index (χ4n) is 2.48. The molecule has 0 atom stereocenters. The normalized spacial score (nSPS) is 11.3. The Morgan fingerprint density at radius 2 is 1.93 bits per heavy atom. The highest BCUT2D eigenvalue weighted by Crippen LogP contribution is 2.35. The third-order valence-corrected chi connectivity index (χ3v) is 4.62. The van der Waals surface area contributed by atoms with E-state index in [0.29, 0.717) is 27.9 Å². The monoisotopic (exact) mass is 385 g/mol. The summed E-state index contributed by atoms with van der Waals surface area (Å²) in [6.07, 6.45) is 0. The maximum Gasteiger partial charge on any atom is 0.203 e. The van der Waals surface area contributed by atoms with Crippen molar-refractivity contribution in [3.63, 3.8) is 0 Å². The van der Waals surface area contributed by atoms with Gasteiger partial charge in [-0.3, -0.25) is 5.43 Å². The Morgan fingerprint density at radius 3 is 2.63 bits per heavy atom. The van der Waals surface area contributed by atoms with E-state index in [1.54, 1.807) is 27.2 Å². The third-order valence-electron chi connectivity index (χ3n) is 3.88. The van der Waals surface area contributed by atoms with Crippen molar-refractivity contribution >= 4 is 22.2 Å². The van der Waals surface area contributed by atoms with E-state index in [9.17, 15) is 10.2 Å². The Kier molecular flexibility index (Phi) is 5.46. The summed E-state index contributed by atoms with van der Waals surface area (Å²) in [4.78, 5) is 4.53. The van der Waals surface area contributed by atoms with Crippen molar-refractivity contribution in [2.45, 2.75) is 6.92 Å². The molecule has 0 saturated carbocycles. The van der Waals surface area contributed by atoms with Gasteiger partial charge in [0.25, 0.3) is 0 Å². The molecule has 0 amide bonds. The zero-order chi connectivity index (χ0) is 19.4. The highest BCUT2D eigenvalue weighted by atomic mass is 32.1. The van der Waals surface area contributed by atoms with Crippen LogP contribution in [0.15, 0.2) is 46.9 Å². The summed E-state index contributed by atoms with van der Waals surface area (Å²) in [6.45, 7) is 1.75. The highest BCUT2D eigenvalue weighted by molar-refractivity contribution is 7.14. The molecule has 0 saturated heterocycles. The van der Waals surface area contributed by atoms with Gasteiger partial charge in [-0.15, -0.1) is 11.3 Å². The highest BCUT2D eigenvalue weighted by Gasteiger charge is 2.12. The van der Waals surface area contributed by atoms with Crippen LogP contribution in [0.25, 0.3) is 11.3 Å². The number of hydrogen-bond acceptors (Lipinski definition) is 8. The molecule has 3 aromatic rings. The quantitative estimate of drug-likeness (QED) is 0.437. The number of rotatable bonds is 6. The number of methoxy groups -OCH3 is 2. The molecule has 7 nitrogen and oxygen atoms in total. The summed E-state index contributed by atoms with van der Waals surface area (Å²) in [5, 5.41) is 26.0. The molecule has 1 aromatic heterocycles. The van der Waals surface area contributed by atoms with Gasteiger partial charge in [0.15, 0.2) is 0 Å². The van der Waals surface area contributed by atoms with Gasteiger partial charge in [0, 0.05) is 22.6 Å². The first-order valence-corrected chi connectivity index (χ1v) is 8.90. The molecule has 3 rings (SSSR count). The van der Waals surface area contributed by atoms with Gasteiger partial charge >= 0.3 is 0 Å². The number of benzene rings is 2. The zero-order valence-corrected chi connectivity index (χ0v) is 15.9. The lowest BCUT2D eigenvalue weighted by Crippen LogP contribution is -2.00. The van der Waals surface area contributed by atoms with Crippen LogP contribution in [0.1, 0.15) is 12.5 Å². The molecule has 0 aliphatic rings. The fraction of sp³-hybridized carbons (Fsp3) is 0.158. The van der Waals surface area contributed by atoms with Crippen LogP contribution in [0.2, 0.25) is 0 Å². The molecule has 140 valence electrons. The molecule has 8 heteroatoms. The van der Waals surface area contributed by atoms with Crippen LogP contribution in [0.3, 0.4) is 0 Å². The van der Waals surface area contributed by atoms with E-state index in [1.807, 2.05) is 23.6 Å². The number of aromatic hydroxyl groups is 2.